The van der Waals surface area contributed by atoms with E-state index in [4.69, 9.17) is 10.8 Å². The van der Waals surface area contributed by atoms with Crippen molar-refractivity contribution in [3.05, 3.63) is 24.3 Å². The van der Waals surface area contributed by atoms with Gasteiger partial charge in [-0.05, 0) is 50.5 Å². The summed E-state index contributed by atoms with van der Waals surface area (Å²) in [5, 5.41) is 12.0. The number of carbonyl (C=O) groups excluding carboxylic acids is 1. The Morgan fingerprint density at radius 2 is 2.10 bits per heavy atom. The van der Waals surface area contributed by atoms with Crippen LogP contribution in [0.5, 0.6) is 0 Å². The predicted octanol–water partition coefficient (Wildman–Crippen LogP) is 1.57. The molecule has 1 amide bonds. The minimum absolute atomic E-state index is 0.0428. The summed E-state index contributed by atoms with van der Waals surface area (Å²) in [4.78, 5) is 14.2. The first-order valence-corrected chi connectivity index (χ1v) is 7.66. The molecular formula is C16H25N3O2. The third-order valence-electron chi connectivity index (χ3n) is 4.10. The summed E-state index contributed by atoms with van der Waals surface area (Å²) >= 11 is 0. The second-order valence-corrected chi connectivity index (χ2v) is 5.61. The SMILES string of the molecule is CCN(CCO)c1ccc(NC(=O)C2CCC(N)C2)cc1. The van der Waals surface area contributed by atoms with Crippen molar-refractivity contribution in [3.8, 4) is 0 Å². The molecule has 1 aliphatic carbocycles. The van der Waals surface area contributed by atoms with E-state index in [1.807, 2.05) is 24.3 Å². The van der Waals surface area contributed by atoms with Gasteiger partial charge in [0.1, 0.15) is 0 Å². The zero-order valence-corrected chi connectivity index (χ0v) is 12.6. The maximum Gasteiger partial charge on any atom is 0.227 e. The molecule has 21 heavy (non-hydrogen) atoms. The molecule has 2 atom stereocenters. The highest BCUT2D eigenvalue weighted by atomic mass is 16.3. The van der Waals surface area contributed by atoms with E-state index in [2.05, 4.69) is 17.1 Å². The molecular weight excluding hydrogens is 266 g/mol. The first kappa shape index (κ1) is 15.8. The molecule has 2 unspecified atom stereocenters. The average molecular weight is 291 g/mol. The Labute approximate surface area is 126 Å². The molecule has 0 aromatic heterocycles. The van der Waals surface area contributed by atoms with Gasteiger partial charge >= 0.3 is 0 Å². The smallest absolute Gasteiger partial charge is 0.227 e. The highest BCUT2D eigenvalue weighted by molar-refractivity contribution is 5.92. The van der Waals surface area contributed by atoms with E-state index >= 15 is 0 Å². The third-order valence-corrected chi connectivity index (χ3v) is 4.10. The van der Waals surface area contributed by atoms with Gasteiger partial charge in [-0.25, -0.2) is 0 Å². The number of nitrogens with zero attached hydrogens (tertiary/aromatic N) is 1. The quantitative estimate of drug-likeness (QED) is 0.743. The molecule has 0 aliphatic heterocycles. The second kappa shape index (κ2) is 7.43. The van der Waals surface area contributed by atoms with E-state index in [-0.39, 0.29) is 24.5 Å². The number of likely N-dealkylation sites (N-methyl/N-ethyl adjacent to an activating group) is 1. The minimum atomic E-state index is 0.0428. The number of anilines is 2. The fourth-order valence-corrected chi connectivity index (χ4v) is 2.84. The van der Waals surface area contributed by atoms with E-state index in [0.717, 1.165) is 37.2 Å². The van der Waals surface area contributed by atoms with Gasteiger partial charge in [-0.2, -0.15) is 0 Å². The van der Waals surface area contributed by atoms with Crippen LogP contribution in [0.15, 0.2) is 24.3 Å². The molecule has 1 saturated carbocycles. The molecule has 5 nitrogen and oxygen atoms in total. The lowest BCUT2D eigenvalue weighted by atomic mass is 10.1. The summed E-state index contributed by atoms with van der Waals surface area (Å²) in [6.07, 6.45) is 2.60. The highest BCUT2D eigenvalue weighted by Gasteiger charge is 2.27. The van der Waals surface area contributed by atoms with Gasteiger partial charge < -0.3 is 21.1 Å². The van der Waals surface area contributed by atoms with Crippen LogP contribution < -0.4 is 16.0 Å². The number of aliphatic hydroxyl groups is 1. The molecule has 0 spiro atoms. The van der Waals surface area contributed by atoms with Crippen LogP contribution in [-0.4, -0.2) is 36.8 Å². The number of rotatable bonds is 6. The number of aliphatic hydroxyl groups excluding tert-OH is 1. The fraction of sp³-hybridized carbons (Fsp3) is 0.562. The molecule has 1 aliphatic rings. The van der Waals surface area contributed by atoms with Crippen LogP contribution in [0.4, 0.5) is 11.4 Å². The van der Waals surface area contributed by atoms with Crippen LogP contribution in [0.3, 0.4) is 0 Å². The monoisotopic (exact) mass is 291 g/mol. The van der Waals surface area contributed by atoms with Crippen LogP contribution in [0, 0.1) is 5.92 Å². The summed E-state index contributed by atoms with van der Waals surface area (Å²) < 4.78 is 0. The molecule has 4 N–H and O–H groups in total. The minimum Gasteiger partial charge on any atom is -0.395 e. The van der Waals surface area contributed by atoms with Crippen LogP contribution in [0.1, 0.15) is 26.2 Å². The van der Waals surface area contributed by atoms with E-state index in [9.17, 15) is 4.79 Å². The Balaban J connectivity index is 1.94. The van der Waals surface area contributed by atoms with Gasteiger partial charge in [0.2, 0.25) is 5.91 Å². The number of nitrogens with one attached hydrogen (secondary N) is 1. The molecule has 5 heteroatoms. The summed E-state index contributed by atoms with van der Waals surface area (Å²) in [6.45, 7) is 3.64. The topological polar surface area (TPSA) is 78.6 Å². The normalized spacial score (nSPS) is 21.3. The Morgan fingerprint density at radius 3 is 2.62 bits per heavy atom. The molecule has 0 heterocycles. The number of nitrogens with two attached hydrogens (primary N) is 1. The standard InChI is InChI=1S/C16H25N3O2/c1-2-19(9-10-20)15-7-5-14(6-8-15)18-16(21)12-3-4-13(17)11-12/h5-8,12-13,20H,2-4,9-11,17H2,1H3,(H,18,21). The summed E-state index contributed by atoms with van der Waals surface area (Å²) in [5.74, 6) is 0.111. The Hall–Kier alpha value is -1.59. The van der Waals surface area contributed by atoms with E-state index < -0.39 is 0 Å². The number of benzene rings is 1. The van der Waals surface area contributed by atoms with Crippen LogP contribution in [0.2, 0.25) is 0 Å². The van der Waals surface area contributed by atoms with Crippen molar-refractivity contribution in [2.24, 2.45) is 11.7 Å². The van der Waals surface area contributed by atoms with E-state index in [0.29, 0.717) is 6.54 Å². The van der Waals surface area contributed by atoms with Gasteiger partial charge in [0.15, 0.2) is 0 Å². The zero-order valence-electron chi connectivity index (χ0n) is 12.6. The lowest BCUT2D eigenvalue weighted by Crippen LogP contribution is -2.26. The zero-order chi connectivity index (χ0) is 15.2. The molecule has 1 aromatic rings. The van der Waals surface area contributed by atoms with Crippen molar-refractivity contribution >= 4 is 17.3 Å². The number of hydrogen-bond donors (Lipinski definition) is 3. The first-order chi connectivity index (χ1) is 10.1. The Bertz CT molecular complexity index is 461. The highest BCUT2D eigenvalue weighted by Crippen LogP contribution is 2.26. The maximum atomic E-state index is 12.1. The largest absolute Gasteiger partial charge is 0.395 e. The molecule has 116 valence electrons. The molecule has 0 saturated heterocycles. The van der Waals surface area contributed by atoms with E-state index in [1.54, 1.807) is 0 Å². The number of amides is 1. The fourth-order valence-electron chi connectivity index (χ4n) is 2.84. The van der Waals surface area contributed by atoms with Gasteiger partial charge in [0.25, 0.3) is 0 Å². The van der Waals surface area contributed by atoms with Gasteiger partial charge in [0.05, 0.1) is 6.61 Å². The molecule has 1 aromatic carbocycles. The predicted molar refractivity (Wildman–Crippen MR) is 85.4 cm³/mol. The first-order valence-electron chi connectivity index (χ1n) is 7.66. The van der Waals surface area contributed by atoms with Crippen LogP contribution >= 0.6 is 0 Å². The third kappa shape index (κ3) is 4.19. The van der Waals surface area contributed by atoms with Gasteiger partial charge in [-0.15, -0.1) is 0 Å². The van der Waals surface area contributed by atoms with Crippen LogP contribution in [-0.2, 0) is 4.79 Å². The van der Waals surface area contributed by atoms with Crippen molar-refractivity contribution in [3.63, 3.8) is 0 Å². The lowest BCUT2D eigenvalue weighted by Gasteiger charge is -2.22. The van der Waals surface area contributed by atoms with Crippen molar-refractivity contribution in [2.75, 3.05) is 29.9 Å². The number of carbonyl (C=O) groups is 1. The molecule has 0 radical (unpaired) electrons. The summed E-state index contributed by atoms with van der Waals surface area (Å²) in [6, 6.07) is 7.91. The van der Waals surface area contributed by atoms with Gasteiger partial charge in [-0.1, -0.05) is 0 Å². The lowest BCUT2D eigenvalue weighted by molar-refractivity contribution is -0.119. The maximum absolute atomic E-state index is 12.1. The summed E-state index contributed by atoms with van der Waals surface area (Å²) in [5.41, 5.74) is 7.71. The Kier molecular flexibility index (Phi) is 5.59. The Morgan fingerprint density at radius 1 is 1.38 bits per heavy atom. The van der Waals surface area contributed by atoms with Crippen molar-refractivity contribution in [2.45, 2.75) is 32.2 Å². The van der Waals surface area contributed by atoms with Gasteiger partial charge in [0, 0.05) is 36.4 Å². The van der Waals surface area contributed by atoms with Gasteiger partial charge in [-0.3, -0.25) is 4.79 Å². The molecule has 1 fully saturated rings. The average Bonchev–Trinajstić information content (AvgIpc) is 2.92. The van der Waals surface area contributed by atoms with E-state index in [1.165, 1.54) is 0 Å². The van der Waals surface area contributed by atoms with Crippen molar-refractivity contribution < 1.29 is 9.90 Å². The second-order valence-electron chi connectivity index (χ2n) is 5.61. The van der Waals surface area contributed by atoms with Crippen molar-refractivity contribution in [1.82, 2.24) is 0 Å². The number of hydrogen-bond acceptors (Lipinski definition) is 4. The van der Waals surface area contributed by atoms with Crippen molar-refractivity contribution in [1.29, 1.82) is 0 Å². The molecule has 2 rings (SSSR count). The summed E-state index contributed by atoms with van der Waals surface area (Å²) in [7, 11) is 0. The van der Waals surface area contributed by atoms with Crippen LogP contribution in [0.25, 0.3) is 0 Å². The molecule has 0 bridgehead atoms.